The molecular weight excluding hydrogens is 282 g/mol. The van der Waals surface area contributed by atoms with Gasteiger partial charge in [-0.2, -0.15) is 5.10 Å². The molecule has 3 aromatic heterocycles. The van der Waals surface area contributed by atoms with Crippen LogP contribution in [0.4, 0.5) is 5.69 Å². The predicted molar refractivity (Wildman–Crippen MR) is 81.7 cm³/mol. The number of nitrogens with one attached hydrogen (secondary N) is 1. The zero-order valence-electron chi connectivity index (χ0n) is 12.1. The molecule has 0 aliphatic rings. The SMILES string of the molecule is CCc1nn(CC(=O)Nc2ccncc2)c(=O)c2cccn12. The smallest absolute Gasteiger partial charge is 0.291 e. The van der Waals surface area contributed by atoms with E-state index in [4.69, 9.17) is 0 Å². The second-order valence-corrected chi connectivity index (χ2v) is 4.78. The number of aryl methyl sites for hydroxylation is 1. The summed E-state index contributed by atoms with van der Waals surface area (Å²) in [5.74, 6) is 0.426. The first-order chi connectivity index (χ1) is 10.7. The minimum absolute atomic E-state index is 0.129. The number of pyridine rings is 1. The summed E-state index contributed by atoms with van der Waals surface area (Å²) in [6.45, 7) is 1.82. The molecule has 0 radical (unpaired) electrons. The molecule has 0 bridgehead atoms. The van der Waals surface area contributed by atoms with E-state index >= 15 is 0 Å². The standard InChI is InChI=1S/C15H15N5O2/c1-2-13-18-20(15(22)12-4-3-9-19(12)13)10-14(21)17-11-5-7-16-8-6-11/h3-9H,2,10H2,1H3,(H,16,17,21). The van der Waals surface area contributed by atoms with E-state index in [1.165, 1.54) is 4.68 Å². The third-order valence-electron chi connectivity index (χ3n) is 3.29. The van der Waals surface area contributed by atoms with Crippen LogP contribution in [0, 0.1) is 0 Å². The highest BCUT2D eigenvalue weighted by molar-refractivity contribution is 5.90. The van der Waals surface area contributed by atoms with Crippen LogP contribution in [0.15, 0.2) is 47.7 Å². The summed E-state index contributed by atoms with van der Waals surface area (Å²) in [6.07, 6.45) is 5.63. The lowest BCUT2D eigenvalue weighted by atomic mass is 10.4. The molecule has 3 aromatic rings. The zero-order valence-corrected chi connectivity index (χ0v) is 12.1. The Bertz CT molecular complexity index is 867. The molecule has 0 saturated heterocycles. The van der Waals surface area contributed by atoms with Gasteiger partial charge in [0.1, 0.15) is 17.9 Å². The van der Waals surface area contributed by atoms with Crippen LogP contribution in [-0.2, 0) is 17.8 Å². The van der Waals surface area contributed by atoms with Crippen molar-refractivity contribution in [1.29, 1.82) is 0 Å². The monoisotopic (exact) mass is 297 g/mol. The lowest BCUT2D eigenvalue weighted by Crippen LogP contribution is -2.32. The summed E-state index contributed by atoms with van der Waals surface area (Å²) in [4.78, 5) is 28.3. The van der Waals surface area contributed by atoms with Gasteiger partial charge in [0.15, 0.2) is 0 Å². The first-order valence-corrected chi connectivity index (χ1v) is 6.96. The van der Waals surface area contributed by atoms with E-state index in [0.29, 0.717) is 17.6 Å². The van der Waals surface area contributed by atoms with Gasteiger partial charge in [0.25, 0.3) is 5.56 Å². The van der Waals surface area contributed by atoms with Gasteiger partial charge in [0, 0.05) is 30.7 Å². The van der Waals surface area contributed by atoms with E-state index in [2.05, 4.69) is 15.4 Å². The molecule has 0 fully saturated rings. The molecule has 3 heterocycles. The van der Waals surface area contributed by atoms with Crippen LogP contribution in [-0.4, -0.2) is 25.1 Å². The van der Waals surface area contributed by atoms with Crippen molar-refractivity contribution < 1.29 is 4.79 Å². The Kier molecular flexibility index (Phi) is 3.69. The van der Waals surface area contributed by atoms with E-state index in [0.717, 1.165) is 5.82 Å². The average Bonchev–Trinajstić information content (AvgIpc) is 3.01. The lowest BCUT2D eigenvalue weighted by molar-refractivity contribution is -0.117. The molecule has 112 valence electrons. The molecule has 1 amide bonds. The van der Waals surface area contributed by atoms with Crippen LogP contribution in [0.25, 0.3) is 5.52 Å². The number of carbonyl (C=O) groups is 1. The molecular formula is C15H15N5O2. The van der Waals surface area contributed by atoms with Gasteiger partial charge in [-0.1, -0.05) is 6.92 Å². The second-order valence-electron chi connectivity index (χ2n) is 4.78. The summed E-state index contributed by atoms with van der Waals surface area (Å²) in [5.41, 5.74) is 0.864. The number of amides is 1. The van der Waals surface area contributed by atoms with Gasteiger partial charge in [-0.05, 0) is 24.3 Å². The first kappa shape index (κ1) is 14.0. The third kappa shape index (κ3) is 2.60. The topological polar surface area (TPSA) is 81.3 Å². The molecule has 0 saturated carbocycles. The minimum atomic E-state index is -0.307. The highest BCUT2D eigenvalue weighted by Gasteiger charge is 2.12. The maximum Gasteiger partial charge on any atom is 0.291 e. The second kappa shape index (κ2) is 5.80. The van der Waals surface area contributed by atoms with Crippen molar-refractivity contribution in [3.63, 3.8) is 0 Å². The van der Waals surface area contributed by atoms with Gasteiger partial charge >= 0.3 is 0 Å². The van der Waals surface area contributed by atoms with Gasteiger partial charge in [-0.25, -0.2) is 4.68 Å². The molecule has 0 atom stereocenters. The Labute approximate surface area is 126 Å². The lowest BCUT2D eigenvalue weighted by Gasteiger charge is -2.09. The maximum absolute atomic E-state index is 12.3. The Morgan fingerprint density at radius 3 is 2.77 bits per heavy atom. The number of anilines is 1. The molecule has 0 aliphatic heterocycles. The Balaban J connectivity index is 1.89. The van der Waals surface area contributed by atoms with Crippen molar-refractivity contribution in [3.8, 4) is 0 Å². The fourth-order valence-corrected chi connectivity index (χ4v) is 2.27. The van der Waals surface area contributed by atoms with Crippen LogP contribution >= 0.6 is 0 Å². The molecule has 1 N–H and O–H groups in total. The highest BCUT2D eigenvalue weighted by atomic mass is 16.2. The highest BCUT2D eigenvalue weighted by Crippen LogP contribution is 2.05. The van der Waals surface area contributed by atoms with Gasteiger partial charge < -0.3 is 5.32 Å². The van der Waals surface area contributed by atoms with Crippen molar-refractivity contribution >= 4 is 17.1 Å². The van der Waals surface area contributed by atoms with E-state index in [-0.39, 0.29) is 18.0 Å². The van der Waals surface area contributed by atoms with Crippen molar-refractivity contribution in [3.05, 3.63) is 59.0 Å². The van der Waals surface area contributed by atoms with E-state index < -0.39 is 0 Å². The van der Waals surface area contributed by atoms with E-state index in [1.54, 1.807) is 47.3 Å². The first-order valence-electron chi connectivity index (χ1n) is 6.96. The largest absolute Gasteiger partial charge is 0.324 e. The fourth-order valence-electron chi connectivity index (χ4n) is 2.27. The van der Waals surface area contributed by atoms with Crippen LogP contribution < -0.4 is 10.9 Å². The molecule has 22 heavy (non-hydrogen) atoms. The molecule has 0 unspecified atom stereocenters. The van der Waals surface area contributed by atoms with Crippen molar-refractivity contribution in [1.82, 2.24) is 19.2 Å². The number of carbonyl (C=O) groups excluding carboxylic acids is 1. The summed E-state index contributed by atoms with van der Waals surface area (Å²) in [6, 6.07) is 6.88. The van der Waals surface area contributed by atoms with E-state index in [9.17, 15) is 9.59 Å². The van der Waals surface area contributed by atoms with Gasteiger partial charge in [-0.15, -0.1) is 0 Å². The molecule has 0 spiro atoms. The fraction of sp³-hybridized carbons (Fsp3) is 0.200. The number of fused-ring (bicyclic) bond motifs is 1. The zero-order chi connectivity index (χ0) is 15.5. The van der Waals surface area contributed by atoms with Gasteiger partial charge in [0.05, 0.1) is 0 Å². The Morgan fingerprint density at radius 1 is 1.27 bits per heavy atom. The van der Waals surface area contributed by atoms with Crippen molar-refractivity contribution in [2.24, 2.45) is 0 Å². The van der Waals surface area contributed by atoms with Crippen LogP contribution in [0.1, 0.15) is 12.7 Å². The number of aromatic nitrogens is 4. The quantitative estimate of drug-likeness (QED) is 0.781. The minimum Gasteiger partial charge on any atom is -0.324 e. The maximum atomic E-state index is 12.3. The van der Waals surface area contributed by atoms with Crippen molar-refractivity contribution in [2.75, 3.05) is 5.32 Å². The molecule has 0 aromatic carbocycles. The van der Waals surface area contributed by atoms with E-state index in [1.807, 2.05) is 6.92 Å². The summed E-state index contributed by atoms with van der Waals surface area (Å²) >= 11 is 0. The summed E-state index contributed by atoms with van der Waals surface area (Å²) in [5, 5.41) is 6.98. The molecule has 0 aliphatic carbocycles. The third-order valence-corrected chi connectivity index (χ3v) is 3.29. The number of nitrogens with zero attached hydrogens (tertiary/aromatic N) is 4. The molecule has 7 nitrogen and oxygen atoms in total. The summed E-state index contributed by atoms with van der Waals surface area (Å²) in [7, 11) is 0. The summed E-state index contributed by atoms with van der Waals surface area (Å²) < 4.78 is 2.95. The molecule has 3 rings (SSSR count). The number of hydrogen-bond donors (Lipinski definition) is 1. The van der Waals surface area contributed by atoms with Gasteiger partial charge in [0.2, 0.25) is 5.91 Å². The van der Waals surface area contributed by atoms with Crippen molar-refractivity contribution in [2.45, 2.75) is 19.9 Å². The van der Waals surface area contributed by atoms with Crippen LogP contribution in [0.3, 0.4) is 0 Å². The van der Waals surface area contributed by atoms with Crippen LogP contribution in [0.2, 0.25) is 0 Å². The normalized spacial score (nSPS) is 10.8. The molecule has 7 heteroatoms. The predicted octanol–water partition coefficient (Wildman–Crippen LogP) is 1.09. The average molecular weight is 297 g/mol. The number of hydrogen-bond acceptors (Lipinski definition) is 4. The Hall–Kier alpha value is -2.96. The number of rotatable bonds is 4. The van der Waals surface area contributed by atoms with Crippen LogP contribution in [0.5, 0.6) is 0 Å². The van der Waals surface area contributed by atoms with Gasteiger partial charge in [-0.3, -0.25) is 19.0 Å². The Morgan fingerprint density at radius 2 is 2.05 bits per heavy atom.